The molecule has 17 heavy (non-hydrogen) atoms. The van der Waals surface area contributed by atoms with Gasteiger partial charge in [-0.2, -0.15) is 0 Å². The lowest BCUT2D eigenvalue weighted by Gasteiger charge is -2.09. The summed E-state index contributed by atoms with van der Waals surface area (Å²) in [6.07, 6.45) is 2.38. The van der Waals surface area contributed by atoms with Crippen molar-refractivity contribution in [2.45, 2.75) is 38.9 Å². The first-order valence-corrected chi connectivity index (χ1v) is 7.21. The Morgan fingerprint density at radius 1 is 1.59 bits per heavy atom. The molecule has 0 fully saturated rings. The third-order valence-electron chi connectivity index (χ3n) is 2.44. The predicted molar refractivity (Wildman–Crippen MR) is 74.4 cm³/mol. The van der Waals surface area contributed by atoms with E-state index in [2.05, 4.69) is 36.4 Å². The highest BCUT2D eigenvalue weighted by molar-refractivity contribution is 8.14. The molecule has 4 nitrogen and oxygen atoms in total. The number of carbonyl (C=O) groups is 1. The molecule has 0 saturated heterocycles. The van der Waals surface area contributed by atoms with Gasteiger partial charge in [0.1, 0.15) is 0 Å². The van der Waals surface area contributed by atoms with Gasteiger partial charge in [-0.15, -0.1) is 0 Å². The van der Waals surface area contributed by atoms with Crippen LogP contribution in [0.2, 0.25) is 0 Å². The van der Waals surface area contributed by atoms with E-state index in [9.17, 15) is 4.79 Å². The molecule has 0 saturated carbocycles. The van der Waals surface area contributed by atoms with Gasteiger partial charge in [0.2, 0.25) is 5.91 Å². The summed E-state index contributed by atoms with van der Waals surface area (Å²) in [5.41, 5.74) is 0. The number of thioether (sulfide) groups is 1. The highest BCUT2D eigenvalue weighted by Crippen LogP contribution is 2.23. The van der Waals surface area contributed by atoms with Crippen LogP contribution in [0.15, 0.2) is 4.99 Å². The molecule has 1 rings (SSSR count). The molecular formula is C12H23N3OS. The Morgan fingerprint density at radius 3 is 3.00 bits per heavy atom. The number of nitrogens with one attached hydrogen (secondary N) is 2. The molecule has 1 aliphatic heterocycles. The van der Waals surface area contributed by atoms with Crippen molar-refractivity contribution in [2.24, 2.45) is 10.9 Å². The average Bonchev–Trinajstić information content (AvgIpc) is 2.72. The third kappa shape index (κ3) is 5.96. The molecule has 1 unspecified atom stereocenters. The summed E-state index contributed by atoms with van der Waals surface area (Å²) >= 11 is 1.76. The Hall–Kier alpha value is -0.710. The smallest absolute Gasteiger partial charge is 0.239 e. The minimum Gasteiger partial charge on any atom is -0.356 e. The van der Waals surface area contributed by atoms with E-state index in [1.165, 1.54) is 12.8 Å². The van der Waals surface area contributed by atoms with Gasteiger partial charge in [-0.3, -0.25) is 9.79 Å². The van der Waals surface area contributed by atoms with Gasteiger partial charge in [0.05, 0.1) is 13.1 Å². The topological polar surface area (TPSA) is 53.5 Å². The number of amidine groups is 1. The highest BCUT2D eigenvalue weighted by Gasteiger charge is 2.18. The average molecular weight is 257 g/mol. The molecule has 0 aromatic carbocycles. The summed E-state index contributed by atoms with van der Waals surface area (Å²) in [6, 6.07) is 0. The molecule has 5 heteroatoms. The molecule has 2 N–H and O–H groups in total. The van der Waals surface area contributed by atoms with Gasteiger partial charge in [0.15, 0.2) is 5.17 Å². The van der Waals surface area contributed by atoms with Crippen LogP contribution >= 0.6 is 11.8 Å². The van der Waals surface area contributed by atoms with E-state index in [-0.39, 0.29) is 5.91 Å². The molecule has 1 aliphatic rings. The van der Waals surface area contributed by atoms with Crippen molar-refractivity contribution in [3.8, 4) is 0 Å². The summed E-state index contributed by atoms with van der Waals surface area (Å²) < 4.78 is 0. The zero-order valence-electron chi connectivity index (χ0n) is 11.0. The van der Waals surface area contributed by atoms with E-state index in [0.717, 1.165) is 18.3 Å². The van der Waals surface area contributed by atoms with E-state index in [0.29, 0.717) is 17.7 Å². The molecular weight excluding hydrogens is 234 g/mol. The van der Waals surface area contributed by atoms with Crippen molar-refractivity contribution in [3.63, 3.8) is 0 Å². The van der Waals surface area contributed by atoms with E-state index in [1.807, 2.05) is 0 Å². The summed E-state index contributed by atoms with van der Waals surface area (Å²) in [5, 5.41) is 7.49. The zero-order valence-corrected chi connectivity index (χ0v) is 11.8. The Morgan fingerprint density at radius 2 is 2.35 bits per heavy atom. The molecule has 98 valence electrons. The van der Waals surface area contributed by atoms with Crippen LogP contribution in [-0.2, 0) is 4.79 Å². The van der Waals surface area contributed by atoms with Crippen LogP contribution in [0.1, 0.15) is 33.6 Å². The number of rotatable bonds is 6. The molecule has 1 atom stereocenters. The van der Waals surface area contributed by atoms with Gasteiger partial charge < -0.3 is 10.6 Å². The van der Waals surface area contributed by atoms with Crippen LogP contribution in [0.5, 0.6) is 0 Å². The van der Waals surface area contributed by atoms with Gasteiger partial charge in [0.25, 0.3) is 0 Å². The Labute approximate surface area is 108 Å². The molecule has 0 aromatic rings. The fourth-order valence-electron chi connectivity index (χ4n) is 1.52. The first-order valence-electron chi connectivity index (χ1n) is 6.33. The number of aliphatic imine (C=N–C) groups is 1. The normalized spacial score (nSPS) is 19.3. The van der Waals surface area contributed by atoms with Crippen LogP contribution in [0, 0.1) is 5.92 Å². The van der Waals surface area contributed by atoms with Gasteiger partial charge in [-0.1, -0.05) is 39.0 Å². The summed E-state index contributed by atoms with van der Waals surface area (Å²) in [4.78, 5) is 15.9. The number of hydrogen-bond acceptors (Lipinski definition) is 4. The van der Waals surface area contributed by atoms with E-state index in [1.54, 1.807) is 11.8 Å². The van der Waals surface area contributed by atoms with E-state index < -0.39 is 0 Å². The summed E-state index contributed by atoms with van der Waals surface area (Å²) in [7, 11) is 0. The van der Waals surface area contributed by atoms with Crippen molar-refractivity contribution in [1.82, 2.24) is 10.6 Å². The van der Waals surface area contributed by atoms with Crippen LogP contribution < -0.4 is 10.6 Å². The number of amides is 1. The van der Waals surface area contributed by atoms with Gasteiger partial charge in [-0.25, -0.2) is 0 Å². The number of nitrogens with zero attached hydrogens (tertiary/aromatic N) is 1. The second kappa shape index (κ2) is 7.58. The van der Waals surface area contributed by atoms with Crippen molar-refractivity contribution in [2.75, 3.05) is 19.6 Å². The third-order valence-corrected chi connectivity index (χ3v) is 3.65. The highest BCUT2D eigenvalue weighted by atomic mass is 32.2. The van der Waals surface area contributed by atoms with Crippen LogP contribution in [-0.4, -0.2) is 36.0 Å². The van der Waals surface area contributed by atoms with Crippen LogP contribution in [0.3, 0.4) is 0 Å². The Bertz CT molecular complexity index is 279. The summed E-state index contributed by atoms with van der Waals surface area (Å²) in [6.45, 7) is 8.30. The lowest BCUT2D eigenvalue weighted by atomic mass is 10.2. The van der Waals surface area contributed by atoms with E-state index in [4.69, 9.17) is 0 Å². The predicted octanol–water partition coefficient (Wildman–Crippen LogP) is 1.62. The quantitative estimate of drug-likeness (QED) is 0.760. The number of hydrogen-bond donors (Lipinski definition) is 2. The lowest BCUT2D eigenvalue weighted by molar-refractivity contribution is -0.120. The lowest BCUT2D eigenvalue weighted by Crippen LogP contribution is -2.37. The largest absolute Gasteiger partial charge is 0.356 e. The van der Waals surface area contributed by atoms with Crippen LogP contribution in [0.25, 0.3) is 0 Å². The zero-order chi connectivity index (χ0) is 12.7. The first kappa shape index (κ1) is 14.4. The molecule has 1 heterocycles. The Kier molecular flexibility index (Phi) is 6.40. The van der Waals surface area contributed by atoms with Crippen molar-refractivity contribution >= 4 is 22.8 Å². The fourth-order valence-corrected chi connectivity index (χ4v) is 2.65. The molecule has 0 aliphatic carbocycles. The van der Waals surface area contributed by atoms with Gasteiger partial charge in [-0.05, 0) is 12.3 Å². The maximum atomic E-state index is 11.5. The second-order valence-electron chi connectivity index (χ2n) is 4.73. The standard InChI is InChI=1S/C12H23N3OS/c1-4-5-10-7-14-12(17-10)15-8-11(16)13-6-9(2)3/h9-10H,4-8H2,1-3H3,(H,13,16)(H,14,15). The number of carbonyl (C=O) groups excluding carboxylic acids is 1. The molecule has 0 spiro atoms. The molecule has 0 radical (unpaired) electrons. The van der Waals surface area contributed by atoms with Crippen molar-refractivity contribution in [1.29, 1.82) is 0 Å². The fraction of sp³-hybridized carbons (Fsp3) is 0.833. The molecule has 0 aromatic heterocycles. The maximum Gasteiger partial charge on any atom is 0.239 e. The maximum absolute atomic E-state index is 11.5. The van der Waals surface area contributed by atoms with Gasteiger partial charge in [0, 0.05) is 11.8 Å². The second-order valence-corrected chi connectivity index (χ2v) is 6.01. The van der Waals surface area contributed by atoms with Crippen molar-refractivity contribution in [3.05, 3.63) is 0 Å². The monoisotopic (exact) mass is 257 g/mol. The SMILES string of the molecule is CCCC1CN=C(NCC(=O)NCC(C)C)S1. The minimum atomic E-state index is 0.0425. The first-order chi connectivity index (χ1) is 8.11. The van der Waals surface area contributed by atoms with Crippen molar-refractivity contribution < 1.29 is 4.79 Å². The summed E-state index contributed by atoms with van der Waals surface area (Å²) in [5.74, 6) is 0.534. The minimum absolute atomic E-state index is 0.0425. The molecule has 0 bridgehead atoms. The van der Waals surface area contributed by atoms with E-state index >= 15 is 0 Å². The van der Waals surface area contributed by atoms with Gasteiger partial charge >= 0.3 is 0 Å². The van der Waals surface area contributed by atoms with Crippen LogP contribution in [0.4, 0.5) is 0 Å². The molecule has 1 amide bonds. The Balaban J connectivity index is 2.13.